The molecule has 0 unspecified atom stereocenters. The summed E-state index contributed by atoms with van der Waals surface area (Å²) in [4.78, 5) is 15.5. The number of hydrogen-bond donors (Lipinski definition) is 1. The zero-order valence-electron chi connectivity index (χ0n) is 9.24. The van der Waals surface area contributed by atoms with E-state index >= 15 is 0 Å². The number of hydrogen-bond acceptors (Lipinski definition) is 4. The van der Waals surface area contributed by atoms with Crippen LogP contribution in [0.15, 0.2) is 24.4 Å². The maximum Gasteiger partial charge on any atom is 0.341 e. The molecule has 0 amide bonds. The van der Waals surface area contributed by atoms with E-state index in [2.05, 4.69) is 4.98 Å². The molecule has 1 aromatic heterocycles. The third-order valence-corrected chi connectivity index (χ3v) is 2.37. The molecule has 2 aromatic rings. The van der Waals surface area contributed by atoms with Gasteiger partial charge in [0.2, 0.25) is 0 Å². The fourth-order valence-electron chi connectivity index (χ4n) is 1.56. The number of esters is 1. The molecule has 0 aliphatic carbocycles. The third kappa shape index (κ3) is 2.04. The Morgan fingerprint density at radius 3 is 3.00 bits per heavy atom. The van der Waals surface area contributed by atoms with Crippen molar-refractivity contribution in [3.8, 4) is 0 Å². The van der Waals surface area contributed by atoms with E-state index in [1.165, 1.54) is 24.4 Å². The molecule has 2 rings (SSSR count). The van der Waals surface area contributed by atoms with Gasteiger partial charge in [-0.05, 0) is 19.1 Å². The molecule has 1 heterocycles. The summed E-state index contributed by atoms with van der Waals surface area (Å²) in [6, 6.07) is 4.03. The lowest BCUT2D eigenvalue weighted by Crippen LogP contribution is -2.09. The van der Waals surface area contributed by atoms with Gasteiger partial charge in [0.1, 0.15) is 11.4 Å². The Morgan fingerprint density at radius 2 is 2.29 bits per heavy atom. The molecule has 0 saturated heterocycles. The van der Waals surface area contributed by atoms with Crippen LogP contribution in [0.25, 0.3) is 10.9 Å². The van der Waals surface area contributed by atoms with Crippen molar-refractivity contribution in [1.82, 2.24) is 4.98 Å². The van der Waals surface area contributed by atoms with Gasteiger partial charge in [0.15, 0.2) is 0 Å². The lowest BCUT2D eigenvalue weighted by molar-refractivity contribution is 0.0527. The van der Waals surface area contributed by atoms with Crippen LogP contribution < -0.4 is 5.73 Å². The van der Waals surface area contributed by atoms with Crippen molar-refractivity contribution in [1.29, 1.82) is 0 Å². The van der Waals surface area contributed by atoms with E-state index in [0.29, 0.717) is 10.9 Å². The minimum Gasteiger partial charge on any atom is -0.462 e. The molecular weight excluding hydrogens is 223 g/mol. The second-order valence-electron chi connectivity index (χ2n) is 3.47. The summed E-state index contributed by atoms with van der Waals surface area (Å²) in [5.74, 6) is -0.919. The quantitative estimate of drug-likeness (QED) is 0.808. The highest BCUT2D eigenvalue weighted by Gasteiger charge is 2.14. The Labute approximate surface area is 97.2 Å². The molecule has 0 saturated carbocycles. The number of benzene rings is 1. The van der Waals surface area contributed by atoms with Gasteiger partial charge in [0, 0.05) is 17.6 Å². The van der Waals surface area contributed by atoms with E-state index in [4.69, 9.17) is 10.5 Å². The van der Waals surface area contributed by atoms with Crippen molar-refractivity contribution in [2.45, 2.75) is 6.92 Å². The van der Waals surface area contributed by atoms with Crippen LogP contribution in [0.5, 0.6) is 0 Å². The Kier molecular flexibility index (Phi) is 2.91. The average Bonchev–Trinajstić information content (AvgIpc) is 2.29. The first-order chi connectivity index (χ1) is 8.13. The molecular formula is C12H11FN2O2. The molecule has 0 bridgehead atoms. The highest BCUT2D eigenvalue weighted by atomic mass is 19.1. The van der Waals surface area contributed by atoms with E-state index < -0.39 is 11.8 Å². The maximum absolute atomic E-state index is 13.0. The average molecular weight is 234 g/mol. The number of pyridine rings is 1. The van der Waals surface area contributed by atoms with Crippen LogP contribution in [-0.2, 0) is 4.74 Å². The van der Waals surface area contributed by atoms with Gasteiger partial charge in [0.05, 0.1) is 17.8 Å². The number of anilines is 1. The van der Waals surface area contributed by atoms with Crippen molar-refractivity contribution in [2.75, 3.05) is 12.3 Å². The predicted octanol–water partition coefficient (Wildman–Crippen LogP) is 2.13. The van der Waals surface area contributed by atoms with E-state index in [1.54, 1.807) is 6.92 Å². The van der Waals surface area contributed by atoms with Gasteiger partial charge in [-0.3, -0.25) is 4.98 Å². The summed E-state index contributed by atoms with van der Waals surface area (Å²) in [5.41, 5.74) is 6.71. The van der Waals surface area contributed by atoms with Crippen molar-refractivity contribution >= 4 is 22.6 Å². The van der Waals surface area contributed by atoms with E-state index in [1.807, 2.05) is 0 Å². The number of carbonyl (C=O) groups excluding carboxylic acids is 1. The van der Waals surface area contributed by atoms with Crippen LogP contribution in [0.4, 0.5) is 10.1 Å². The van der Waals surface area contributed by atoms with Gasteiger partial charge in [-0.2, -0.15) is 0 Å². The van der Waals surface area contributed by atoms with Gasteiger partial charge in [0.25, 0.3) is 0 Å². The van der Waals surface area contributed by atoms with Gasteiger partial charge in [-0.25, -0.2) is 9.18 Å². The van der Waals surface area contributed by atoms with Crippen LogP contribution in [0, 0.1) is 5.82 Å². The van der Waals surface area contributed by atoms with Crippen LogP contribution in [0.3, 0.4) is 0 Å². The number of aromatic nitrogens is 1. The molecule has 88 valence electrons. The second-order valence-corrected chi connectivity index (χ2v) is 3.47. The smallest absolute Gasteiger partial charge is 0.341 e. The number of halogens is 1. The Morgan fingerprint density at radius 1 is 1.53 bits per heavy atom. The number of fused-ring (bicyclic) bond motifs is 1. The molecule has 4 nitrogen and oxygen atoms in total. The number of rotatable bonds is 2. The molecule has 0 radical (unpaired) electrons. The largest absolute Gasteiger partial charge is 0.462 e. The lowest BCUT2D eigenvalue weighted by atomic mass is 10.1. The van der Waals surface area contributed by atoms with Gasteiger partial charge in [-0.15, -0.1) is 0 Å². The second kappa shape index (κ2) is 4.37. The number of carbonyl (C=O) groups is 1. The molecule has 0 fully saturated rings. The number of ether oxygens (including phenoxy) is 1. The third-order valence-electron chi connectivity index (χ3n) is 2.37. The summed E-state index contributed by atoms with van der Waals surface area (Å²) < 4.78 is 17.8. The van der Waals surface area contributed by atoms with Crippen LogP contribution >= 0.6 is 0 Å². The fourth-order valence-corrected chi connectivity index (χ4v) is 1.56. The molecule has 2 N–H and O–H groups in total. The molecule has 0 aliphatic rings. The van der Waals surface area contributed by atoms with Gasteiger partial charge in [-0.1, -0.05) is 0 Å². The fraction of sp³-hybridized carbons (Fsp3) is 0.167. The topological polar surface area (TPSA) is 65.2 Å². The maximum atomic E-state index is 13.0. The molecule has 5 heteroatoms. The van der Waals surface area contributed by atoms with E-state index in [9.17, 15) is 9.18 Å². The zero-order valence-corrected chi connectivity index (χ0v) is 9.24. The normalized spacial score (nSPS) is 10.5. The van der Waals surface area contributed by atoms with Crippen LogP contribution in [-0.4, -0.2) is 17.6 Å². The molecule has 0 atom stereocenters. The van der Waals surface area contributed by atoms with Crippen molar-refractivity contribution in [3.63, 3.8) is 0 Å². The van der Waals surface area contributed by atoms with Crippen molar-refractivity contribution in [2.24, 2.45) is 0 Å². The zero-order chi connectivity index (χ0) is 12.4. The lowest BCUT2D eigenvalue weighted by Gasteiger charge is -2.07. The molecule has 0 spiro atoms. The highest BCUT2D eigenvalue weighted by molar-refractivity contribution is 6.03. The molecule has 1 aromatic carbocycles. The van der Waals surface area contributed by atoms with Crippen molar-refractivity contribution in [3.05, 3.63) is 35.8 Å². The summed E-state index contributed by atoms with van der Waals surface area (Å²) >= 11 is 0. The van der Waals surface area contributed by atoms with Gasteiger partial charge >= 0.3 is 5.97 Å². The highest BCUT2D eigenvalue weighted by Crippen LogP contribution is 2.24. The van der Waals surface area contributed by atoms with E-state index in [0.717, 1.165) is 0 Å². The van der Waals surface area contributed by atoms with Crippen LogP contribution in [0.2, 0.25) is 0 Å². The Balaban J connectivity index is 2.58. The number of nitrogens with two attached hydrogens (primary N) is 1. The first-order valence-electron chi connectivity index (χ1n) is 5.14. The summed E-state index contributed by atoms with van der Waals surface area (Å²) in [6.07, 6.45) is 1.30. The standard InChI is InChI=1S/C12H11FN2O2/c1-2-17-12(16)9-6-15-10-5-7(13)3-4-8(10)11(9)14/h3-6H,2H2,1H3,(H2,14,15). The minimum atomic E-state index is -0.524. The molecule has 17 heavy (non-hydrogen) atoms. The van der Waals surface area contributed by atoms with Crippen molar-refractivity contribution < 1.29 is 13.9 Å². The minimum absolute atomic E-state index is 0.200. The first-order valence-corrected chi connectivity index (χ1v) is 5.14. The van der Waals surface area contributed by atoms with Crippen LogP contribution in [0.1, 0.15) is 17.3 Å². The summed E-state index contributed by atoms with van der Waals surface area (Å²) in [7, 11) is 0. The Hall–Kier alpha value is -2.17. The first kappa shape index (κ1) is 11.3. The van der Waals surface area contributed by atoms with Gasteiger partial charge < -0.3 is 10.5 Å². The Bertz CT molecular complexity index is 584. The number of nitrogen functional groups attached to an aromatic ring is 1. The summed E-state index contributed by atoms with van der Waals surface area (Å²) in [5, 5.41) is 0.539. The molecule has 0 aliphatic heterocycles. The predicted molar refractivity (Wildman–Crippen MR) is 62.1 cm³/mol. The number of nitrogens with zero attached hydrogens (tertiary/aromatic N) is 1. The summed E-state index contributed by atoms with van der Waals surface area (Å²) in [6.45, 7) is 1.97. The monoisotopic (exact) mass is 234 g/mol. The van der Waals surface area contributed by atoms with E-state index in [-0.39, 0.29) is 17.9 Å². The SMILES string of the molecule is CCOC(=O)c1cnc2cc(F)ccc2c1N.